The normalized spacial score (nSPS) is 15.6. The van der Waals surface area contributed by atoms with Gasteiger partial charge < -0.3 is 56.8 Å². The zero-order valence-electron chi connectivity index (χ0n) is 49.3. The number of thiophene rings is 1. The summed E-state index contributed by atoms with van der Waals surface area (Å²) in [4.78, 5) is 83.2. The summed E-state index contributed by atoms with van der Waals surface area (Å²) in [5, 5.41) is 12.7. The van der Waals surface area contributed by atoms with Crippen LogP contribution < -0.4 is 10.1 Å². The lowest BCUT2D eigenvalue weighted by atomic mass is 9.99. The van der Waals surface area contributed by atoms with Crippen molar-refractivity contribution in [3.05, 3.63) is 91.8 Å². The Bertz CT molecular complexity index is 2870. The number of aryl methyl sites for hydroxylation is 2. The Morgan fingerprint density at radius 2 is 1.09 bits per heavy atom. The number of piperidine rings is 1. The minimum absolute atomic E-state index is 0.00654. The standard InChI is InChI=1S/C60H79ClN6O18S/c1-41-42(2)86-60-53(41)55(44-11-13-45(61)14-12-44)62-49(56-65-64-43(3)66(56)60)39-46(68)7-5-17-74-19-21-76-23-25-78-27-29-80-31-33-82-35-37-84-38-36-83-34-32-81-30-28-79-26-24-77-22-20-75-18-6-8-47(69)40-85-51-10-4-9-48-54(51)59(73)67(58(48)72)50-15-16-52(70)63-57(50)71/h4,9-14,49-50H,5-8,15-40H2,1-3H3,(H,63,70,71)/t49-,50?/m0/s1. The Morgan fingerprint density at radius 1 is 0.605 bits per heavy atom. The number of hydrogen-bond donors (Lipinski definition) is 1. The van der Waals surface area contributed by atoms with E-state index in [1.165, 1.54) is 23.1 Å². The maximum Gasteiger partial charge on any atom is 0.266 e. The largest absolute Gasteiger partial charge is 0.485 e. The summed E-state index contributed by atoms with van der Waals surface area (Å²) in [5.41, 5.74) is 4.01. The molecule has 0 aliphatic carbocycles. The highest BCUT2D eigenvalue weighted by molar-refractivity contribution is 7.15. The molecule has 1 fully saturated rings. The fraction of sp³-hybridized carbons (Fsp3) is 0.583. The Balaban J connectivity index is 0.564. The minimum atomic E-state index is -1.10. The predicted octanol–water partition coefficient (Wildman–Crippen LogP) is 5.55. The fourth-order valence-electron chi connectivity index (χ4n) is 9.33. The number of hydrogen-bond acceptors (Lipinski definition) is 22. The van der Waals surface area contributed by atoms with E-state index in [1.807, 2.05) is 31.2 Å². The van der Waals surface area contributed by atoms with Gasteiger partial charge in [0, 0.05) is 59.9 Å². The number of ether oxygens (including phenoxy) is 12. The number of aliphatic imine (C=N–C) groups is 1. The molecule has 1 saturated heterocycles. The number of fused-ring (bicyclic) bond motifs is 4. The number of carbonyl (C=O) groups excluding carboxylic acids is 6. The highest BCUT2D eigenvalue weighted by Crippen LogP contribution is 2.40. The molecule has 0 bridgehead atoms. The molecule has 1 unspecified atom stereocenters. The van der Waals surface area contributed by atoms with Crippen LogP contribution in [0.4, 0.5) is 0 Å². The van der Waals surface area contributed by atoms with E-state index in [2.05, 4.69) is 33.9 Å². The third kappa shape index (κ3) is 20.9. The van der Waals surface area contributed by atoms with E-state index >= 15 is 0 Å². The molecule has 1 N–H and O–H groups in total. The maximum absolute atomic E-state index is 13.3. The molecule has 4 amide bonds. The Morgan fingerprint density at radius 3 is 1.59 bits per heavy atom. The molecule has 470 valence electrons. The number of imide groups is 2. The Kier molecular flexibility index (Phi) is 29.3. The van der Waals surface area contributed by atoms with Crippen molar-refractivity contribution >= 4 is 63.8 Å². The van der Waals surface area contributed by atoms with Gasteiger partial charge in [-0.3, -0.25) is 48.5 Å². The zero-order chi connectivity index (χ0) is 60.9. The van der Waals surface area contributed by atoms with Crippen molar-refractivity contribution in [2.45, 2.75) is 77.8 Å². The number of amides is 4. The molecule has 2 atom stereocenters. The molecule has 0 spiro atoms. The van der Waals surface area contributed by atoms with Crippen molar-refractivity contribution in [2.75, 3.05) is 152 Å². The number of halogens is 1. The van der Waals surface area contributed by atoms with Crippen LogP contribution in [0, 0.1) is 20.8 Å². The van der Waals surface area contributed by atoms with Crippen molar-refractivity contribution in [3.63, 3.8) is 0 Å². The van der Waals surface area contributed by atoms with Gasteiger partial charge in [-0.1, -0.05) is 29.8 Å². The molecule has 2 aromatic heterocycles. The van der Waals surface area contributed by atoms with Crippen molar-refractivity contribution in [2.24, 2.45) is 4.99 Å². The summed E-state index contributed by atoms with van der Waals surface area (Å²) in [5.74, 6) is -1.15. The van der Waals surface area contributed by atoms with Crippen LogP contribution >= 0.6 is 22.9 Å². The van der Waals surface area contributed by atoms with E-state index in [-0.39, 0.29) is 60.7 Å². The van der Waals surface area contributed by atoms with Crippen LogP contribution in [-0.4, -0.2) is 219 Å². The van der Waals surface area contributed by atoms with Gasteiger partial charge in [0.25, 0.3) is 11.8 Å². The summed E-state index contributed by atoms with van der Waals surface area (Å²) in [6, 6.07) is 10.6. The van der Waals surface area contributed by atoms with Crippen LogP contribution in [0.5, 0.6) is 5.75 Å². The van der Waals surface area contributed by atoms with Crippen LogP contribution in [-0.2, 0) is 71.3 Å². The van der Waals surface area contributed by atoms with Crippen molar-refractivity contribution in [3.8, 4) is 10.8 Å². The van der Waals surface area contributed by atoms with Gasteiger partial charge in [0.2, 0.25) is 11.8 Å². The maximum atomic E-state index is 13.3. The fourth-order valence-corrected chi connectivity index (χ4v) is 10.7. The molecule has 7 rings (SSSR count). The summed E-state index contributed by atoms with van der Waals surface area (Å²) < 4.78 is 68.9. The summed E-state index contributed by atoms with van der Waals surface area (Å²) in [6.45, 7) is 15.2. The van der Waals surface area contributed by atoms with Gasteiger partial charge >= 0.3 is 0 Å². The highest BCUT2D eigenvalue weighted by Gasteiger charge is 2.46. The molecule has 0 saturated carbocycles. The lowest BCUT2D eigenvalue weighted by molar-refractivity contribution is -0.136. The minimum Gasteiger partial charge on any atom is -0.485 e. The average molecular weight is 1240 g/mol. The number of nitrogens with zero attached hydrogens (tertiary/aromatic N) is 5. The number of ketones is 2. The molecule has 5 heterocycles. The summed E-state index contributed by atoms with van der Waals surface area (Å²) >= 11 is 7.92. The molecule has 86 heavy (non-hydrogen) atoms. The molecule has 2 aromatic carbocycles. The number of rotatable bonds is 45. The quantitative estimate of drug-likeness (QED) is 0.0420. The van der Waals surface area contributed by atoms with Gasteiger partial charge in [-0.05, 0) is 69.9 Å². The van der Waals surface area contributed by atoms with E-state index in [1.54, 1.807) is 11.3 Å². The first kappa shape index (κ1) is 67.7. The number of carbonyl (C=O) groups is 6. The van der Waals surface area contributed by atoms with Crippen LogP contribution in [0.1, 0.15) is 105 Å². The molecule has 24 nitrogen and oxygen atoms in total. The van der Waals surface area contributed by atoms with Crippen molar-refractivity contribution in [1.29, 1.82) is 0 Å². The Hall–Kier alpha value is -5.78. The predicted molar refractivity (Wildman–Crippen MR) is 314 cm³/mol. The van der Waals surface area contributed by atoms with Gasteiger partial charge in [-0.25, -0.2) is 0 Å². The Labute approximate surface area is 509 Å². The monoisotopic (exact) mass is 1240 g/mol. The smallest absolute Gasteiger partial charge is 0.266 e. The van der Waals surface area contributed by atoms with Crippen LogP contribution in [0.15, 0.2) is 47.5 Å². The van der Waals surface area contributed by atoms with Crippen molar-refractivity contribution in [1.82, 2.24) is 25.0 Å². The third-order valence-electron chi connectivity index (χ3n) is 13.8. The number of nitrogens with one attached hydrogen (secondary N) is 1. The molecule has 26 heteroatoms. The van der Waals surface area contributed by atoms with E-state index in [4.69, 9.17) is 73.4 Å². The molecular formula is C60H79ClN6O18S. The summed E-state index contributed by atoms with van der Waals surface area (Å²) in [7, 11) is 0. The van der Waals surface area contributed by atoms with Crippen LogP contribution in [0.25, 0.3) is 5.00 Å². The van der Waals surface area contributed by atoms with Gasteiger partial charge in [0.15, 0.2) is 11.6 Å². The van der Waals surface area contributed by atoms with Crippen LogP contribution in [0.3, 0.4) is 0 Å². The van der Waals surface area contributed by atoms with E-state index < -0.39 is 35.7 Å². The molecular weight excluding hydrogens is 1160 g/mol. The number of Topliss-reactive ketones (excluding diaryl/α,β-unsaturated/α-hetero) is 2. The van der Waals surface area contributed by atoms with E-state index in [0.29, 0.717) is 175 Å². The second kappa shape index (κ2) is 37.2. The first-order valence-corrected chi connectivity index (χ1v) is 30.3. The first-order chi connectivity index (χ1) is 41.9. The van der Waals surface area contributed by atoms with Gasteiger partial charge in [0.05, 0.1) is 149 Å². The lowest BCUT2D eigenvalue weighted by Gasteiger charge is -2.27. The molecule has 3 aliphatic heterocycles. The second-order valence-corrected chi connectivity index (χ2v) is 21.7. The number of benzene rings is 2. The van der Waals surface area contributed by atoms with Crippen molar-refractivity contribution < 1.29 is 85.6 Å². The number of aromatic nitrogens is 3. The zero-order valence-corrected chi connectivity index (χ0v) is 50.9. The van der Waals surface area contributed by atoms with Crippen LogP contribution in [0.2, 0.25) is 5.02 Å². The highest BCUT2D eigenvalue weighted by atomic mass is 35.5. The van der Waals surface area contributed by atoms with E-state index in [0.717, 1.165) is 38.1 Å². The first-order valence-electron chi connectivity index (χ1n) is 29.1. The topological polar surface area (TPSA) is 272 Å². The SMILES string of the molecule is Cc1sc2c(c1C)C(c1ccc(Cl)cc1)=N[C@@H](CC(=O)CCCOCCOCCOCCOCCOCCOCCOCCOCCOCCOCCOCCCC(=O)COc1cccc3c1C(=O)N(C1CCC(=O)NC1=O)C3=O)c1nnc(C)n1-2. The average Bonchev–Trinajstić information content (AvgIpc) is 2.26. The van der Waals surface area contributed by atoms with E-state index in [9.17, 15) is 28.8 Å². The van der Waals surface area contributed by atoms with Gasteiger partial charge in [-0.15, -0.1) is 21.5 Å². The van der Waals surface area contributed by atoms with Gasteiger partial charge in [0.1, 0.15) is 41.0 Å². The van der Waals surface area contributed by atoms with Gasteiger partial charge in [-0.2, -0.15) is 0 Å². The molecule has 4 aromatic rings. The molecule has 0 radical (unpaired) electrons. The molecule has 3 aliphatic rings. The lowest BCUT2D eigenvalue weighted by Crippen LogP contribution is -2.54. The third-order valence-corrected chi connectivity index (χ3v) is 15.2. The summed E-state index contributed by atoms with van der Waals surface area (Å²) in [6.07, 6.45) is 1.86. The second-order valence-electron chi connectivity index (χ2n) is 20.0.